The lowest BCUT2D eigenvalue weighted by atomic mass is 9.76. The monoisotopic (exact) mass is 404 g/mol. The van der Waals surface area contributed by atoms with E-state index in [1.54, 1.807) is 4.57 Å². The zero-order chi connectivity index (χ0) is 20.6. The van der Waals surface area contributed by atoms with E-state index in [-0.39, 0.29) is 18.1 Å². The molecule has 0 saturated heterocycles. The summed E-state index contributed by atoms with van der Waals surface area (Å²) in [5.74, 6) is 1.12. The van der Waals surface area contributed by atoms with Crippen molar-refractivity contribution in [1.82, 2.24) is 9.55 Å². The van der Waals surface area contributed by atoms with E-state index in [2.05, 4.69) is 6.07 Å². The summed E-state index contributed by atoms with van der Waals surface area (Å²) >= 11 is 0. The highest BCUT2D eigenvalue weighted by atomic mass is 16.6. The van der Waals surface area contributed by atoms with Crippen molar-refractivity contribution in [3.8, 4) is 22.9 Å². The molecule has 0 bridgehead atoms. The fraction of sp³-hybridized carbons (Fsp3) is 0.348. The lowest BCUT2D eigenvalue weighted by Gasteiger charge is -2.33. The van der Waals surface area contributed by atoms with Crippen molar-refractivity contribution in [2.45, 2.75) is 38.8 Å². The van der Waals surface area contributed by atoms with Crippen molar-refractivity contribution in [3.05, 3.63) is 51.3 Å². The molecular formula is C23H20N2O5. The van der Waals surface area contributed by atoms with Gasteiger partial charge in [0.1, 0.15) is 19.8 Å². The molecule has 7 heteroatoms. The first-order chi connectivity index (χ1) is 14.5. The molecular weight excluding hydrogens is 384 g/mol. The highest BCUT2D eigenvalue weighted by Crippen LogP contribution is 2.41. The van der Waals surface area contributed by atoms with Gasteiger partial charge in [-0.3, -0.25) is 9.59 Å². The van der Waals surface area contributed by atoms with Crippen molar-refractivity contribution >= 4 is 16.9 Å². The Morgan fingerprint density at radius 3 is 2.60 bits per heavy atom. The summed E-state index contributed by atoms with van der Waals surface area (Å²) in [6.45, 7) is 5.30. The van der Waals surface area contributed by atoms with E-state index in [1.807, 2.05) is 32.0 Å². The molecule has 6 rings (SSSR count). The molecule has 1 unspecified atom stereocenters. The summed E-state index contributed by atoms with van der Waals surface area (Å²) in [6, 6.07) is 7.84. The second kappa shape index (κ2) is 5.84. The van der Waals surface area contributed by atoms with Crippen molar-refractivity contribution in [2.75, 3.05) is 13.2 Å². The number of hydrogen-bond donors (Lipinski definition) is 0. The van der Waals surface area contributed by atoms with Crippen LogP contribution in [0.3, 0.4) is 0 Å². The third-order valence-electron chi connectivity index (χ3n) is 6.63. The average Bonchev–Trinajstić information content (AvgIpc) is 3.11. The standard InChI is InChI=1S/C23H20N2O5/c1-3-23(2)15-8-17-20-13(10-25(17)21(26)14(15)11-30-22(23)27)6-12-7-18-19(9-16(12)24-20)29-5-4-28-18/h6-9H,3-5,10-11H2,1-2H3. The molecule has 0 amide bonds. The van der Waals surface area contributed by atoms with Gasteiger partial charge >= 0.3 is 5.97 Å². The smallest absolute Gasteiger partial charge is 0.316 e. The van der Waals surface area contributed by atoms with E-state index in [1.165, 1.54) is 0 Å². The van der Waals surface area contributed by atoms with Gasteiger partial charge in [-0.2, -0.15) is 0 Å². The van der Waals surface area contributed by atoms with Gasteiger partial charge in [-0.1, -0.05) is 6.92 Å². The Labute approximate surface area is 172 Å². The van der Waals surface area contributed by atoms with Crippen molar-refractivity contribution in [2.24, 2.45) is 0 Å². The number of benzene rings is 1. The molecule has 7 nitrogen and oxygen atoms in total. The molecule has 3 aliphatic heterocycles. The van der Waals surface area contributed by atoms with Gasteiger partial charge in [0.05, 0.1) is 34.4 Å². The minimum absolute atomic E-state index is 0.0238. The minimum atomic E-state index is -0.827. The highest BCUT2D eigenvalue weighted by Gasteiger charge is 2.43. The third-order valence-corrected chi connectivity index (χ3v) is 6.63. The van der Waals surface area contributed by atoms with E-state index in [4.69, 9.17) is 19.2 Å². The van der Waals surface area contributed by atoms with Crippen LogP contribution in [0.1, 0.15) is 37.0 Å². The molecule has 0 spiro atoms. The lowest BCUT2D eigenvalue weighted by molar-refractivity contribution is -0.153. The maximum absolute atomic E-state index is 13.3. The molecule has 30 heavy (non-hydrogen) atoms. The Balaban J connectivity index is 1.59. The van der Waals surface area contributed by atoms with Gasteiger partial charge in [0.25, 0.3) is 5.56 Å². The van der Waals surface area contributed by atoms with Crippen LogP contribution in [-0.4, -0.2) is 28.7 Å². The number of esters is 1. The van der Waals surface area contributed by atoms with Crippen molar-refractivity contribution < 1.29 is 19.0 Å². The van der Waals surface area contributed by atoms with Crippen LogP contribution in [0.4, 0.5) is 0 Å². The number of cyclic esters (lactones) is 1. The van der Waals surface area contributed by atoms with Gasteiger partial charge in [0, 0.05) is 17.0 Å². The van der Waals surface area contributed by atoms with E-state index in [0.717, 1.165) is 33.4 Å². The normalized spacial score (nSPS) is 21.1. The predicted molar refractivity (Wildman–Crippen MR) is 109 cm³/mol. The molecule has 1 atom stereocenters. The number of fused-ring (bicyclic) bond motifs is 6. The molecule has 152 valence electrons. The summed E-state index contributed by atoms with van der Waals surface area (Å²) < 4.78 is 18.5. The predicted octanol–water partition coefficient (Wildman–Crippen LogP) is 2.92. The SMILES string of the molecule is CCC1(C)C(=O)OCc2c1cc1n(c2=O)Cc2cc3cc4c(cc3nc2-1)OCCO4. The van der Waals surface area contributed by atoms with Crippen LogP contribution in [-0.2, 0) is 28.1 Å². The van der Waals surface area contributed by atoms with Gasteiger partial charge in [0.2, 0.25) is 0 Å². The summed E-state index contributed by atoms with van der Waals surface area (Å²) in [5, 5.41) is 0.945. The second-order valence-electron chi connectivity index (χ2n) is 8.26. The van der Waals surface area contributed by atoms with Gasteiger partial charge in [-0.15, -0.1) is 0 Å². The van der Waals surface area contributed by atoms with Crippen LogP contribution >= 0.6 is 0 Å². The Kier molecular flexibility index (Phi) is 3.41. The fourth-order valence-corrected chi connectivity index (χ4v) is 4.68. The summed E-state index contributed by atoms with van der Waals surface area (Å²) in [5.41, 5.74) is 3.68. The van der Waals surface area contributed by atoms with Crippen molar-refractivity contribution in [3.63, 3.8) is 0 Å². The molecule has 5 heterocycles. The fourth-order valence-electron chi connectivity index (χ4n) is 4.68. The number of nitrogens with zero attached hydrogens (tertiary/aromatic N) is 2. The number of rotatable bonds is 1. The zero-order valence-electron chi connectivity index (χ0n) is 16.8. The van der Waals surface area contributed by atoms with Crippen LogP contribution in [0.2, 0.25) is 0 Å². The Morgan fingerprint density at radius 1 is 1.07 bits per heavy atom. The van der Waals surface area contributed by atoms with Gasteiger partial charge in [0.15, 0.2) is 11.5 Å². The first-order valence-corrected chi connectivity index (χ1v) is 10.2. The maximum Gasteiger partial charge on any atom is 0.316 e. The van der Waals surface area contributed by atoms with Crippen LogP contribution in [0, 0.1) is 0 Å². The lowest BCUT2D eigenvalue weighted by Crippen LogP contribution is -2.42. The first-order valence-electron chi connectivity index (χ1n) is 10.2. The quantitative estimate of drug-likeness (QED) is 0.454. The molecule has 2 aromatic heterocycles. The van der Waals surface area contributed by atoms with E-state index < -0.39 is 5.41 Å². The van der Waals surface area contributed by atoms with Crippen LogP contribution in [0.25, 0.3) is 22.3 Å². The van der Waals surface area contributed by atoms with Crippen molar-refractivity contribution in [1.29, 1.82) is 0 Å². The molecule has 0 saturated carbocycles. The molecule has 3 aliphatic rings. The van der Waals surface area contributed by atoms with Crippen LogP contribution in [0.5, 0.6) is 11.5 Å². The number of aromatic nitrogens is 2. The molecule has 0 N–H and O–H groups in total. The Bertz CT molecular complexity index is 1330. The van der Waals surface area contributed by atoms with Crippen LogP contribution < -0.4 is 15.0 Å². The Hall–Kier alpha value is -3.35. The molecule has 0 fully saturated rings. The zero-order valence-corrected chi connectivity index (χ0v) is 16.8. The number of ether oxygens (including phenoxy) is 3. The summed E-state index contributed by atoms with van der Waals surface area (Å²) in [6.07, 6.45) is 0.559. The van der Waals surface area contributed by atoms with E-state index in [9.17, 15) is 9.59 Å². The highest BCUT2D eigenvalue weighted by molar-refractivity contribution is 5.88. The largest absolute Gasteiger partial charge is 0.486 e. The molecule has 0 radical (unpaired) electrons. The van der Waals surface area contributed by atoms with Gasteiger partial charge in [-0.25, -0.2) is 4.98 Å². The number of pyridine rings is 2. The topological polar surface area (TPSA) is 79.7 Å². The maximum atomic E-state index is 13.3. The third kappa shape index (κ3) is 2.17. The summed E-state index contributed by atoms with van der Waals surface area (Å²) in [4.78, 5) is 30.7. The minimum Gasteiger partial charge on any atom is -0.486 e. The number of carbonyl (C=O) groups excluding carboxylic acids is 1. The molecule has 3 aromatic rings. The average molecular weight is 404 g/mol. The van der Waals surface area contributed by atoms with Crippen LogP contribution in [0.15, 0.2) is 29.1 Å². The van der Waals surface area contributed by atoms with Gasteiger partial charge in [-0.05, 0) is 37.1 Å². The molecule has 0 aliphatic carbocycles. The van der Waals surface area contributed by atoms with Gasteiger partial charge < -0.3 is 18.8 Å². The van der Waals surface area contributed by atoms with E-state index >= 15 is 0 Å². The van der Waals surface area contributed by atoms with E-state index in [0.29, 0.717) is 43.2 Å². The number of hydrogen-bond acceptors (Lipinski definition) is 6. The summed E-state index contributed by atoms with van der Waals surface area (Å²) in [7, 11) is 0. The first kappa shape index (κ1) is 17.5. The Morgan fingerprint density at radius 2 is 1.83 bits per heavy atom. The number of carbonyl (C=O) groups is 1. The second-order valence-corrected chi connectivity index (χ2v) is 8.26. The molecule has 1 aromatic carbocycles.